The summed E-state index contributed by atoms with van der Waals surface area (Å²) in [6.45, 7) is 0. The molecule has 4 heteroatoms. The predicted octanol–water partition coefficient (Wildman–Crippen LogP) is 2.79. The van der Waals surface area contributed by atoms with Crippen LogP contribution in [-0.2, 0) is 14.3 Å². The monoisotopic (exact) mass is 274 g/mol. The number of esters is 1. The first-order valence-corrected chi connectivity index (χ1v) is 6.82. The lowest BCUT2D eigenvalue weighted by Gasteiger charge is -2.24. The summed E-state index contributed by atoms with van der Waals surface area (Å²) in [5.41, 5.74) is 3.11. The highest BCUT2D eigenvalue weighted by atomic mass is 16.7. The van der Waals surface area contributed by atoms with Crippen molar-refractivity contribution in [1.29, 1.82) is 0 Å². The van der Waals surface area contributed by atoms with Crippen molar-refractivity contribution in [3.05, 3.63) is 41.0 Å². The van der Waals surface area contributed by atoms with Gasteiger partial charge in [0.05, 0.1) is 7.11 Å². The van der Waals surface area contributed by atoms with Crippen LogP contribution in [0.5, 0.6) is 5.75 Å². The van der Waals surface area contributed by atoms with E-state index < -0.39 is 6.29 Å². The molecule has 2 unspecified atom stereocenters. The summed E-state index contributed by atoms with van der Waals surface area (Å²) in [6.07, 6.45) is 2.08. The molecule has 0 fully saturated rings. The highest BCUT2D eigenvalue weighted by Crippen LogP contribution is 2.42. The second-order valence-corrected chi connectivity index (χ2v) is 5.19. The minimum Gasteiger partial charge on any atom is -0.497 e. The van der Waals surface area contributed by atoms with Gasteiger partial charge in [-0.2, -0.15) is 0 Å². The third-order valence-corrected chi connectivity index (χ3v) is 4.14. The van der Waals surface area contributed by atoms with Crippen LogP contribution in [0.25, 0.3) is 0 Å². The average Bonchev–Trinajstić information content (AvgIpc) is 2.83. The lowest BCUT2D eigenvalue weighted by atomic mass is 9.80. The fourth-order valence-electron chi connectivity index (χ4n) is 3.03. The second kappa shape index (κ2) is 5.29. The standard InChI is InChI=1S/C16H18O4/c1-18-12-6-3-10(4-7-12)11-5-8-13-14(9-11)16(19-2)20-15(13)17/h3-4,6-7,11,16H,5,8-9H2,1-2H3. The molecule has 3 rings (SSSR count). The van der Waals surface area contributed by atoms with Crippen molar-refractivity contribution in [3.63, 3.8) is 0 Å². The van der Waals surface area contributed by atoms with Crippen LogP contribution in [0, 0.1) is 0 Å². The Morgan fingerprint density at radius 1 is 1.20 bits per heavy atom. The summed E-state index contributed by atoms with van der Waals surface area (Å²) >= 11 is 0. The average molecular weight is 274 g/mol. The van der Waals surface area contributed by atoms with Gasteiger partial charge in [-0.25, -0.2) is 4.79 Å². The highest BCUT2D eigenvalue weighted by Gasteiger charge is 2.38. The molecular weight excluding hydrogens is 256 g/mol. The Balaban J connectivity index is 1.81. The normalized spacial score (nSPS) is 25.4. The molecular formula is C16H18O4. The first-order valence-electron chi connectivity index (χ1n) is 6.82. The molecule has 1 heterocycles. The van der Waals surface area contributed by atoms with Gasteiger partial charge in [0.25, 0.3) is 0 Å². The van der Waals surface area contributed by atoms with Gasteiger partial charge in [-0.15, -0.1) is 0 Å². The summed E-state index contributed by atoms with van der Waals surface area (Å²) < 4.78 is 15.7. The minimum absolute atomic E-state index is 0.208. The molecule has 1 aromatic rings. The molecule has 0 aromatic heterocycles. The molecule has 0 N–H and O–H groups in total. The number of carbonyl (C=O) groups excluding carboxylic acids is 1. The zero-order valence-corrected chi connectivity index (χ0v) is 11.7. The Labute approximate surface area is 118 Å². The van der Waals surface area contributed by atoms with Crippen molar-refractivity contribution in [2.24, 2.45) is 0 Å². The molecule has 0 spiro atoms. The van der Waals surface area contributed by atoms with Gasteiger partial charge in [-0.3, -0.25) is 0 Å². The van der Waals surface area contributed by atoms with Crippen LogP contribution < -0.4 is 4.74 Å². The van der Waals surface area contributed by atoms with Gasteiger partial charge in [0.15, 0.2) is 0 Å². The van der Waals surface area contributed by atoms with Crippen molar-refractivity contribution in [3.8, 4) is 5.75 Å². The zero-order chi connectivity index (χ0) is 14.1. The van der Waals surface area contributed by atoms with E-state index >= 15 is 0 Å². The predicted molar refractivity (Wildman–Crippen MR) is 73.5 cm³/mol. The van der Waals surface area contributed by atoms with Crippen LogP contribution in [0.15, 0.2) is 35.4 Å². The molecule has 2 aliphatic rings. The largest absolute Gasteiger partial charge is 0.497 e. The SMILES string of the molecule is COc1ccc(C2CCC3=C(C2)C(OC)OC3=O)cc1. The van der Waals surface area contributed by atoms with Crippen LogP contribution in [0.1, 0.15) is 30.7 Å². The molecule has 0 saturated heterocycles. The van der Waals surface area contributed by atoms with Gasteiger partial charge in [0, 0.05) is 18.3 Å². The summed E-state index contributed by atoms with van der Waals surface area (Å²) in [6, 6.07) is 8.13. The van der Waals surface area contributed by atoms with Crippen LogP contribution in [0.4, 0.5) is 0 Å². The van der Waals surface area contributed by atoms with Crippen molar-refractivity contribution < 1.29 is 19.0 Å². The fourth-order valence-corrected chi connectivity index (χ4v) is 3.03. The van der Waals surface area contributed by atoms with Gasteiger partial charge in [0.2, 0.25) is 6.29 Å². The van der Waals surface area contributed by atoms with Crippen LogP contribution >= 0.6 is 0 Å². The molecule has 0 amide bonds. The Bertz CT molecular complexity index is 544. The highest BCUT2D eigenvalue weighted by molar-refractivity contribution is 5.92. The van der Waals surface area contributed by atoms with E-state index in [1.807, 2.05) is 12.1 Å². The topological polar surface area (TPSA) is 44.8 Å². The number of benzene rings is 1. The van der Waals surface area contributed by atoms with E-state index in [0.717, 1.165) is 36.2 Å². The third-order valence-electron chi connectivity index (χ3n) is 4.14. The Morgan fingerprint density at radius 2 is 1.95 bits per heavy atom. The maximum absolute atomic E-state index is 11.7. The second-order valence-electron chi connectivity index (χ2n) is 5.19. The lowest BCUT2D eigenvalue weighted by Crippen LogP contribution is -2.16. The molecule has 0 radical (unpaired) electrons. The van der Waals surface area contributed by atoms with Crippen molar-refractivity contribution in [2.45, 2.75) is 31.5 Å². The summed E-state index contributed by atoms with van der Waals surface area (Å²) in [5.74, 6) is 1.06. The quantitative estimate of drug-likeness (QED) is 0.795. The van der Waals surface area contributed by atoms with E-state index in [1.165, 1.54) is 5.56 Å². The minimum atomic E-state index is -0.487. The lowest BCUT2D eigenvalue weighted by molar-refractivity contribution is -0.156. The number of hydrogen-bond donors (Lipinski definition) is 0. The van der Waals surface area contributed by atoms with Crippen LogP contribution in [0.2, 0.25) is 0 Å². The third kappa shape index (κ3) is 2.20. The molecule has 1 aromatic carbocycles. The van der Waals surface area contributed by atoms with E-state index in [-0.39, 0.29) is 5.97 Å². The van der Waals surface area contributed by atoms with Crippen molar-refractivity contribution in [2.75, 3.05) is 14.2 Å². The van der Waals surface area contributed by atoms with E-state index in [4.69, 9.17) is 14.2 Å². The molecule has 4 nitrogen and oxygen atoms in total. The summed E-state index contributed by atoms with van der Waals surface area (Å²) in [5, 5.41) is 0. The van der Waals surface area contributed by atoms with E-state index in [0.29, 0.717) is 5.92 Å². The summed E-state index contributed by atoms with van der Waals surface area (Å²) in [4.78, 5) is 11.7. The van der Waals surface area contributed by atoms with E-state index in [2.05, 4.69) is 12.1 Å². The molecule has 0 bridgehead atoms. The molecule has 106 valence electrons. The number of rotatable bonds is 3. The van der Waals surface area contributed by atoms with Crippen molar-refractivity contribution >= 4 is 5.97 Å². The number of cyclic esters (lactones) is 1. The zero-order valence-electron chi connectivity index (χ0n) is 11.7. The first kappa shape index (κ1) is 13.2. The molecule has 20 heavy (non-hydrogen) atoms. The maximum atomic E-state index is 11.7. The Kier molecular flexibility index (Phi) is 3.49. The number of ether oxygens (including phenoxy) is 3. The van der Waals surface area contributed by atoms with E-state index in [9.17, 15) is 4.79 Å². The van der Waals surface area contributed by atoms with Gasteiger partial charge in [-0.1, -0.05) is 12.1 Å². The van der Waals surface area contributed by atoms with Crippen LogP contribution in [-0.4, -0.2) is 26.5 Å². The molecule has 0 saturated carbocycles. The maximum Gasteiger partial charge on any atom is 0.336 e. The number of carbonyl (C=O) groups is 1. The van der Waals surface area contributed by atoms with Crippen LogP contribution in [0.3, 0.4) is 0 Å². The Hall–Kier alpha value is -1.81. The smallest absolute Gasteiger partial charge is 0.336 e. The van der Waals surface area contributed by atoms with Gasteiger partial charge in [0.1, 0.15) is 5.75 Å². The number of methoxy groups -OCH3 is 2. The van der Waals surface area contributed by atoms with Gasteiger partial charge in [-0.05, 0) is 42.9 Å². The summed E-state index contributed by atoms with van der Waals surface area (Å²) in [7, 11) is 3.24. The first-order chi connectivity index (χ1) is 9.72. The molecule has 1 aliphatic heterocycles. The van der Waals surface area contributed by atoms with Gasteiger partial charge >= 0.3 is 5.97 Å². The van der Waals surface area contributed by atoms with E-state index in [1.54, 1.807) is 14.2 Å². The Morgan fingerprint density at radius 3 is 2.60 bits per heavy atom. The fraction of sp³-hybridized carbons (Fsp3) is 0.438. The number of hydrogen-bond acceptors (Lipinski definition) is 4. The molecule has 2 atom stereocenters. The van der Waals surface area contributed by atoms with Crippen molar-refractivity contribution in [1.82, 2.24) is 0 Å². The van der Waals surface area contributed by atoms with Gasteiger partial charge < -0.3 is 14.2 Å². The molecule has 1 aliphatic carbocycles.